The predicted molar refractivity (Wildman–Crippen MR) is 110 cm³/mol. The van der Waals surface area contributed by atoms with Gasteiger partial charge in [-0.05, 0) is 37.0 Å². The summed E-state index contributed by atoms with van der Waals surface area (Å²) in [5.41, 5.74) is 2.90. The third-order valence-electron chi connectivity index (χ3n) is 4.98. The van der Waals surface area contributed by atoms with Gasteiger partial charge < -0.3 is 5.32 Å². The quantitative estimate of drug-likeness (QED) is 0.554. The topological polar surface area (TPSA) is 29.1 Å². The van der Waals surface area contributed by atoms with Crippen molar-refractivity contribution in [2.24, 2.45) is 11.8 Å². The molecule has 0 saturated heterocycles. The maximum atomic E-state index is 12.8. The van der Waals surface area contributed by atoms with Crippen molar-refractivity contribution in [3.63, 3.8) is 0 Å². The average molecular weight is 349 g/mol. The third-order valence-corrected chi connectivity index (χ3v) is 4.98. The first-order valence-electron chi connectivity index (χ1n) is 9.38. The Morgan fingerprint density at radius 2 is 1.58 bits per heavy atom. The number of hydrogen-bond acceptors (Lipinski definition) is 1. The van der Waals surface area contributed by atoms with Crippen molar-refractivity contribution in [3.8, 4) is 0 Å². The zero-order valence-corrected chi connectivity index (χ0v) is 15.9. The summed E-state index contributed by atoms with van der Waals surface area (Å²) in [6, 6.07) is 19.5. The predicted octanol–water partition coefficient (Wildman–Crippen LogP) is 5.99. The Morgan fingerprint density at radius 1 is 1.00 bits per heavy atom. The highest BCUT2D eigenvalue weighted by molar-refractivity contribution is 5.94. The summed E-state index contributed by atoms with van der Waals surface area (Å²) in [6.07, 6.45) is 2.99. The Balaban J connectivity index is 2.27. The van der Waals surface area contributed by atoms with E-state index in [1.54, 1.807) is 0 Å². The van der Waals surface area contributed by atoms with E-state index in [-0.39, 0.29) is 17.9 Å². The van der Waals surface area contributed by atoms with Crippen LogP contribution in [0.4, 0.5) is 0 Å². The molecule has 3 unspecified atom stereocenters. The molecule has 137 valence electrons. The Bertz CT molecular complexity index is 693. The molecule has 2 heteroatoms. The molecular formula is C24H30NO. The van der Waals surface area contributed by atoms with Crippen molar-refractivity contribution in [2.75, 3.05) is 0 Å². The highest BCUT2D eigenvalue weighted by Gasteiger charge is 2.26. The fourth-order valence-corrected chi connectivity index (χ4v) is 3.20. The summed E-state index contributed by atoms with van der Waals surface area (Å²) >= 11 is 0. The van der Waals surface area contributed by atoms with Crippen molar-refractivity contribution in [3.05, 3.63) is 90.9 Å². The van der Waals surface area contributed by atoms with Crippen LogP contribution in [0.1, 0.15) is 55.1 Å². The highest BCUT2D eigenvalue weighted by Crippen LogP contribution is 2.32. The van der Waals surface area contributed by atoms with E-state index in [1.807, 2.05) is 48.5 Å². The summed E-state index contributed by atoms with van der Waals surface area (Å²) < 4.78 is 0. The van der Waals surface area contributed by atoms with Crippen LogP contribution in [0.2, 0.25) is 0 Å². The van der Waals surface area contributed by atoms with Crippen molar-refractivity contribution < 1.29 is 4.79 Å². The number of hydrogen-bond donors (Lipinski definition) is 1. The van der Waals surface area contributed by atoms with Gasteiger partial charge >= 0.3 is 0 Å². The second kappa shape index (κ2) is 9.96. The largest absolute Gasteiger partial charge is 0.345 e. The molecule has 0 saturated carbocycles. The molecule has 0 fully saturated rings. The smallest absolute Gasteiger partial charge is 0.251 e. The fourth-order valence-electron chi connectivity index (χ4n) is 3.20. The minimum atomic E-state index is -0.0848. The van der Waals surface area contributed by atoms with E-state index in [2.05, 4.69) is 44.8 Å². The molecule has 2 rings (SSSR count). The molecule has 1 amide bonds. The summed E-state index contributed by atoms with van der Waals surface area (Å²) in [5.74, 6) is 0.716. The van der Waals surface area contributed by atoms with Crippen LogP contribution in [0.3, 0.4) is 0 Å². The van der Waals surface area contributed by atoms with Gasteiger partial charge in [0.05, 0.1) is 6.04 Å². The number of benzene rings is 2. The van der Waals surface area contributed by atoms with Crippen molar-refractivity contribution in [1.82, 2.24) is 5.32 Å². The highest BCUT2D eigenvalue weighted by atomic mass is 16.1. The van der Waals surface area contributed by atoms with Gasteiger partial charge in [0.1, 0.15) is 0 Å². The van der Waals surface area contributed by atoms with Crippen molar-refractivity contribution >= 4 is 5.91 Å². The molecule has 0 aliphatic rings. The average Bonchev–Trinajstić information content (AvgIpc) is 2.68. The van der Waals surface area contributed by atoms with Gasteiger partial charge in [0.15, 0.2) is 0 Å². The van der Waals surface area contributed by atoms with Crippen LogP contribution in [0.25, 0.3) is 0 Å². The van der Waals surface area contributed by atoms with E-state index in [4.69, 9.17) is 0 Å². The lowest BCUT2D eigenvalue weighted by atomic mass is 9.82. The molecule has 2 aromatic rings. The van der Waals surface area contributed by atoms with Crippen LogP contribution in [-0.4, -0.2) is 5.91 Å². The minimum absolute atomic E-state index is 0.0455. The van der Waals surface area contributed by atoms with Crippen LogP contribution in [0, 0.1) is 18.8 Å². The van der Waals surface area contributed by atoms with Gasteiger partial charge in [-0.1, -0.05) is 87.4 Å². The molecule has 0 aliphatic carbocycles. The maximum absolute atomic E-state index is 12.8. The van der Waals surface area contributed by atoms with E-state index in [9.17, 15) is 4.79 Å². The van der Waals surface area contributed by atoms with Crippen LogP contribution in [0.15, 0.2) is 72.8 Å². The number of nitrogens with one attached hydrogen (secondary N) is 1. The van der Waals surface area contributed by atoms with Gasteiger partial charge in [-0.2, -0.15) is 0 Å². The second-order valence-electron chi connectivity index (χ2n) is 7.15. The molecule has 0 aliphatic heterocycles. The van der Waals surface area contributed by atoms with Crippen molar-refractivity contribution in [2.45, 2.75) is 39.2 Å². The van der Waals surface area contributed by atoms with E-state index >= 15 is 0 Å². The van der Waals surface area contributed by atoms with Gasteiger partial charge in [-0.3, -0.25) is 4.79 Å². The normalized spacial score (nSPS) is 14.3. The lowest BCUT2D eigenvalue weighted by Gasteiger charge is -2.30. The number of carbonyl (C=O) groups is 1. The minimum Gasteiger partial charge on any atom is -0.345 e. The molecule has 1 N–H and O–H groups in total. The Labute approximate surface area is 158 Å². The molecular weight excluding hydrogens is 318 g/mol. The van der Waals surface area contributed by atoms with Crippen LogP contribution >= 0.6 is 0 Å². The van der Waals surface area contributed by atoms with Gasteiger partial charge in [0.2, 0.25) is 0 Å². The third kappa shape index (κ3) is 5.59. The Morgan fingerprint density at radius 3 is 2.12 bits per heavy atom. The summed E-state index contributed by atoms with van der Waals surface area (Å²) in [6.45, 7) is 12.5. The molecule has 1 radical (unpaired) electrons. The molecule has 0 bridgehead atoms. The molecule has 2 aromatic carbocycles. The number of carbonyl (C=O) groups excluding carboxylic acids is 1. The van der Waals surface area contributed by atoms with Crippen LogP contribution in [0.5, 0.6) is 0 Å². The van der Waals surface area contributed by atoms with E-state index in [0.29, 0.717) is 11.5 Å². The number of rotatable bonds is 9. The van der Waals surface area contributed by atoms with Crippen LogP contribution in [-0.2, 0) is 0 Å². The van der Waals surface area contributed by atoms with Gasteiger partial charge in [0, 0.05) is 11.5 Å². The first kappa shape index (κ1) is 20.0. The summed E-state index contributed by atoms with van der Waals surface area (Å²) in [7, 11) is 0. The first-order valence-corrected chi connectivity index (χ1v) is 9.38. The lowest BCUT2D eigenvalue weighted by molar-refractivity contribution is 0.0924. The van der Waals surface area contributed by atoms with Gasteiger partial charge in [0.25, 0.3) is 5.91 Å². The monoisotopic (exact) mass is 348 g/mol. The lowest BCUT2D eigenvalue weighted by Crippen LogP contribution is -2.34. The van der Waals surface area contributed by atoms with E-state index in [0.717, 1.165) is 30.4 Å². The van der Waals surface area contributed by atoms with Crippen LogP contribution < -0.4 is 5.32 Å². The van der Waals surface area contributed by atoms with Gasteiger partial charge in [-0.15, -0.1) is 0 Å². The molecule has 2 nitrogen and oxygen atoms in total. The molecule has 0 spiro atoms. The van der Waals surface area contributed by atoms with Crippen molar-refractivity contribution in [1.29, 1.82) is 0 Å². The van der Waals surface area contributed by atoms with E-state index < -0.39 is 0 Å². The molecule has 0 aromatic heterocycles. The standard InChI is InChI=1S/C24H30NO/c1-5-19(4)16-17-22(18(2)3)23(20-12-8-6-9-13-20)25-24(26)21-14-10-7-11-15-21/h6-15,19,22-23H,1-2,5,16-17H2,3-4H3,(H,25,26). The second-order valence-corrected chi connectivity index (χ2v) is 7.15. The summed E-state index contributed by atoms with van der Waals surface area (Å²) in [4.78, 5) is 12.8. The first-order chi connectivity index (χ1) is 12.5. The fraction of sp³-hybridized carbons (Fsp3) is 0.333. The Kier molecular flexibility index (Phi) is 7.65. The molecule has 0 heterocycles. The molecule has 3 atom stereocenters. The molecule has 26 heavy (non-hydrogen) atoms. The Hall–Kier alpha value is -2.35. The van der Waals surface area contributed by atoms with E-state index in [1.165, 1.54) is 0 Å². The zero-order chi connectivity index (χ0) is 18.9. The maximum Gasteiger partial charge on any atom is 0.251 e. The summed E-state index contributed by atoms with van der Waals surface area (Å²) in [5, 5.41) is 3.26. The SMILES string of the molecule is [CH2]CC(C)CCC(C(=C)C)C(NC(=O)c1ccccc1)c1ccccc1. The van der Waals surface area contributed by atoms with Gasteiger partial charge in [-0.25, -0.2) is 0 Å². The zero-order valence-electron chi connectivity index (χ0n) is 15.9. The number of amides is 1.